The minimum absolute atomic E-state index is 0.0374. The van der Waals surface area contributed by atoms with Crippen LogP contribution in [0.4, 0.5) is 0 Å². The van der Waals surface area contributed by atoms with E-state index in [1.54, 1.807) is 0 Å². The maximum absolute atomic E-state index is 2.41. The van der Waals surface area contributed by atoms with Crippen LogP contribution in [0, 0.1) is 0 Å². The van der Waals surface area contributed by atoms with Crippen LogP contribution < -0.4 is 0 Å². The molecule has 0 amide bonds. The SMILES string of the molecule is CC(C)(C1=CC=CC1)c1c(-c2ccccc2)ccc2c1Cc1cc(-c3ccccc3)ccc1-2. The number of benzene rings is 4. The van der Waals surface area contributed by atoms with Gasteiger partial charge in [0.05, 0.1) is 0 Å². The van der Waals surface area contributed by atoms with Crippen LogP contribution in [0.2, 0.25) is 0 Å². The minimum Gasteiger partial charge on any atom is -0.0804 e. The van der Waals surface area contributed by atoms with E-state index >= 15 is 0 Å². The van der Waals surface area contributed by atoms with Crippen molar-refractivity contribution in [1.82, 2.24) is 0 Å². The number of hydrogen-bond donors (Lipinski definition) is 0. The van der Waals surface area contributed by atoms with Crippen molar-refractivity contribution in [2.45, 2.75) is 32.1 Å². The van der Waals surface area contributed by atoms with Gasteiger partial charge in [-0.15, -0.1) is 0 Å². The molecule has 0 spiro atoms. The second kappa shape index (κ2) is 7.74. The fourth-order valence-electron chi connectivity index (χ4n) is 5.73. The Kier molecular flexibility index (Phi) is 4.69. The van der Waals surface area contributed by atoms with Gasteiger partial charge in [0.1, 0.15) is 0 Å². The van der Waals surface area contributed by atoms with E-state index in [2.05, 4.69) is 123 Å². The van der Waals surface area contributed by atoms with Crippen molar-refractivity contribution >= 4 is 0 Å². The van der Waals surface area contributed by atoms with Crippen molar-refractivity contribution in [1.29, 1.82) is 0 Å². The Morgan fingerprint density at radius 1 is 0.636 bits per heavy atom. The highest BCUT2D eigenvalue weighted by Gasteiger charge is 2.34. The smallest absolute Gasteiger partial charge is 0.0120 e. The zero-order chi connectivity index (χ0) is 22.4. The molecule has 0 aromatic heterocycles. The summed E-state index contributed by atoms with van der Waals surface area (Å²) in [4.78, 5) is 0. The minimum atomic E-state index is -0.0374. The van der Waals surface area contributed by atoms with E-state index in [1.165, 1.54) is 55.6 Å². The normalized spacial score (nSPS) is 14.2. The molecule has 33 heavy (non-hydrogen) atoms. The molecule has 0 heterocycles. The molecule has 0 aliphatic heterocycles. The maximum atomic E-state index is 2.41. The zero-order valence-corrected chi connectivity index (χ0v) is 19.3. The lowest BCUT2D eigenvalue weighted by molar-refractivity contribution is 0.610. The van der Waals surface area contributed by atoms with Crippen molar-refractivity contribution in [2.24, 2.45) is 0 Å². The van der Waals surface area contributed by atoms with E-state index in [0.29, 0.717) is 0 Å². The molecule has 0 bridgehead atoms. The Morgan fingerprint density at radius 3 is 2.00 bits per heavy atom. The Balaban J connectivity index is 1.54. The van der Waals surface area contributed by atoms with E-state index in [-0.39, 0.29) is 5.41 Å². The highest BCUT2D eigenvalue weighted by molar-refractivity contribution is 5.86. The van der Waals surface area contributed by atoms with Crippen LogP contribution in [0.25, 0.3) is 33.4 Å². The summed E-state index contributed by atoms with van der Waals surface area (Å²) in [6, 6.07) is 33.3. The molecule has 0 unspecified atom stereocenters. The molecule has 0 N–H and O–H groups in total. The first-order valence-corrected chi connectivity index (χ1v) is 11.9. The van der Waals surface area contributed by atoms with Gasteiger partial charge >= 0.3 is 0 Å². The topological polar surface area (TPSA) is 0 Å². The van der Waals surface area contributed by atoms with Crippen molar-refractivity contribution < 1.29 is 0 Å². The van der Waals surface area contributed by atoms with Gasteiger partial charge in [-0.25, -0.2) is 0 Å². The molecule has 4 aromatic carbocycles. The first kappa shape index (κ1) is 20.0. The summed E-state index contributed by atoms with van der Waals surface area (Å²) in [5, 5.41) is 0. The molecule has 0 saturated carbocycles. The summed E-state index contributed by atoms with van der Waals surface area (Å²) < 4.78 is 0. The van der Waals surface area contributed by atoms with Crippen molar-refractivity contribution in [3.63, 3.8) is 0 Å². The molecule has 4 aromatic rings. The number of allylic oxidation sites excluding steroid dienone is 4. The Hall–Kier alpha value is -3.64. The lowest BCUT2D eigenvalue weighted by atomic mass is 9.71. The van der Waals surface area contributed by atoms with Crippen LogP contribution in [0.15, 0.2) is 115 Å². The first-order valence-electron chi connectivity index (χ1n) is 11.9. The van der Waals surface area contributed by atoms with E-state index in [4.69, 9.17) is 0 Å². The van der Waals surface area contributed by atoms with Crippen LogP contribution in [0.3, 0.4) is 0 Å². The lowest BCUT2D eigenvalue weighted by Gasteiger charge is -2.32. The largest absolute Gasteiger partial charge is 0.0804 e. The van der Waals surface area contributed by atoms with Gasteiger partial charge in [0.15, 0.2) is 0 Å². The van der Waals surface area contributed by atoms with Crippen LogP contribution in [0.1, 0.15) is 37.0 Å². The standard InChI is InChI=1S/C33H28/c1-33(2,27-15-9-10-16-27)32-29(24-13-7-4-8-14-24)19-20-30-28-18-17-25(21-26(28)22-31(30)32)23-11-5-3-6-12-23/h3-15,17-21H,16,22H2,1-2H3. The zero-order valence-electron chi connectivity index (χ0n) is 19.3. The molecule has 0 fully saturated rings. The van der Waals surface area contributed by atoms with Gasteiger partial charge in [0, 0.05) is 5.41 Å². The molecule has 0 radical (unpaired) electrons. The van der Waals surface area contributed by atoms with E-state index in [0.717, 1.165) is 12.8 Å². The molecule has 0 saturated heterocycles. The van der Waals surface area contributed by atoms with Gasteiger partial charge in [-0.2, -0.15) is 0 Å². The highest BCUT2D eigenvalue weighted by atomic mass is 14.4. The Bertz CT molecular complexity index is 1400. The Labute approximate surface area is 196 Å². The summed E-state index contributed by atoms with van der Waals surface area (Å²) in [6.45, 7) is 4.82. The first-order chi connectivity index (χ1) is 16.1. The van der Waals surface area contributed by atoms with Crippen molar-refractivity contribution in [3.05, 3.63) is 131 Å². The van der Waals surface area contributed by atoms with E-state index < -0.39 is 0 Å². The van der Waals surface area contributed by atoms with E-state index in [1.807, 2.05) is 0 Å². The predicted octanol–water partition coefficient (Wildman–Crippen LogP) is 8.76. The van der Waals surface area contributed by atoms with Gasteiger partial charge in [-0.05, 0) is 62.9 Å². The third kappa shape index (κ3) is 3.29. The molecule has 2 aliphatic rings. The fourth-order valence-corrected chi connectivity index (χ4v) is 5.73. The summed E-state index contributed by atoms with van der Waals surface area (Å²) in [5.41, 5.74) is 13.9. The summed E-state index contributed by atoms with van der Waals surface area (Å²) in [6.07, 6.45) is 8.85. The second-order valence-electron chi connectivity index (χ2n) is 9.74. The fraction of sp³-hybridized carbons (Fsp3) is 0.152. The van der Waals surface area contributed by atoms with Crippen molar-refractivity contribution in [2.75, 3.05) is 0 Å². The second-order valence-corrected chi connectivity index (χ2v) is 9.74. The number of fused-ring (bicyclic) bond motifs is 3. The molecule has 2 aliphatic carbocycles. The highest BCUT2D eigenvalue weighted by Crippen LogP contribution is 2.49. The number of rotatable bonds is 4. The molecule has 0 atom stereocenters. The van der Waals surface area contributed by atoms with Gasteiger partial charge in [0.25, 0.3) is 0 Å². The van der Waals surface area contributed by atoms with Crippen LogP contribution in [-0.4, -0.2) is 0 Å². The van der Waals surface area contributed by atoms with Crippen molar-refractivity contribution in [3.8, 4) is 33.4 Å². The molecule has 160 valence electrons. The van der Waals surface area contributed by atoms with E-state index in [9.17, 15) is 0 Å². The third-order valence-electron chi connectivity index (χ3n) is 7.47. The van der Waals surface area contributed by atoms with Gasteiger partial charge in [0.2, 0.25) is 0 Å². The monoisotopic (exact) mass is 424 g/mol. The van der Waals surface area contributed by atoms with Gasteiger partial charge < -0.3 is 0 Å². The Morgan fingerprint density at radius 2 is 1.30 bits per heavy atom. The quantitative estimate of drug-likeness (QED) is 0.270. The number of hydrogen-bond acceptors (Lipinski definition) is 0. The van der Waals surface area contributed by atoms with Crippen LogP contribution in [0.5, 0.6) is 0 Å². The van der Waals surface area contributed by atoms with Crippen LogP contribution in [-0.2, 0) is 11.8 Å². The van der Waals surface area contributed by atoms with Gasteiger partial charge in [-0.3, -0.25) is 0 Å². The van der Waals surface area contributed by atoms with Crippen LogP contribution >= 0.6 is 0 Å². The summed E-state index contributed by atoms with van der Waals surface area (Å²) >= 11 is 0. The predicted molar refractivity (Wildman–Crippen MR) is 140 cm³/mol. The molecule has 0 heteroatoms. The summed E-state index contributed by atoms with van der Waals surface area (Å²) in [7, 11) is 0. The lowest BCUT2D eigenvalue weighted by Crippen LogP contribution is -2.23. The summed E-state index contributed by atoms with van der Waals surface area (Å²) in [5.74, 6) is 0. The average Bonchev–Trinajstić information content (AvgIpc) is 3.53. The molecule has 0 nitrogen and oxygen atoms in total. The molecular weight excluding hydrogens is 396 g/mol. The third-order valence-corrected chi connectivity index (χ3v) is 7.47. The molecular formula is C33H28. The van der Waals surface area contributed by atoms with Gasteiger partial charge in [-0.1, -0.05) is 129 Å². The molecule has 6 rings (SSSR count). The average molecular weight is 425 g/mol. The maximum Gasteiger partial charge on any atom is 0.0120 e.